The molecule has 0 radical (unpaired) electrons. The topological polar surface area (TPSA) is 99.7 Å². The zero-order chi connectivity index (χ0) is 28.5. The third kappa shape index (κ3) is 5.34. The molecular weight excluding hydrogens is 514 g/mol. The number of nitrogens with one attached hydrogen (secondary N) is 2. The molecule has 0 aliphatic carbocycles. The molecule has 4 aromatic rings. The Balaban J connectivity index is 1.22. The number of hydrogen-bond donors (Lipinski definition) is 2. The molecule has 2 aliphatic rings. The largest absolute Gasteiger partial charge is 0.453 e. The van der Waals surface area contributed by atoms with Crippen molar-refractivity contribution in [3.63, 3.8) is 0 Å². The number of aromatic nitrogens is 2. The first-order valence-corrected chi connectivity index (χ1v) is 14.3. The van der Waals surface area contributed by atoms with Crippen molar-refractivity contribution in [3.8, 4) is 22.4 Å². The summed E-state index contributed by atoms with van der Waals surface area (Å²) < 4.78 is 4.74. The summed E-state index contributed by atoms with van der Waals surface area (Å²) in [4.78, 5) is 39.9. The summed E-state index contributed by atoms with van der Waals surface area (Å²) in [7, 11) is 1.30. The lowest BCUT2D eigenvalue weighted by molar-refractivity contribution is -0.135. The van der Waals surface area contributed by atoms with Crippen LogP contribution in [0.3, 0.4) is 0 Å². The number of carbonyl (C=O) groups excluding carboxylic acids is 2. The van der Waals surface area contributed by atoms with Crippen LogP contribution in [-0.4, -0.2) is 52.8 Å². The van der Waals surface area contributed by atoms with E-state index in [2.05, 4.69) is 74.9 Å². The fourth-order valence-electron chi connectivity index (χ4n) is 5.90. The Labute approximate surface area is 239 Å². The predicted molar refractivity (Wildman–Crippen MR) is 161 cm³/mol. The van der Waals surface area contributed by atoms with Gasteiger partial charge in [-0.2, -0.15) is 0 Å². The molecule has 41 heavy (non-hydrogen) atoms. The summed E-state index contributed by atoms with van der Waals surface area (Å²) >= 11 is 0. The maximum absolute atomic E-state index is 13.5. The first-order chi connectivity index (χ1) is 19.9. The van der Waals surface area contributed by atoms with E-state index in [-0.39, 0.29) is 17.9 Å². The van der Waals surface area contributed by atoms with Crippen LogP contribution >= 0.6 is 0 Å². The number of aliphatic imine (C=N–C) groups is 1. The Hall–Kier alpha value is -4.46. The van der Waals surface area contributed by atoms with Gasteiger partial charge >= 0.3 is 6.09 Å². The molecule has 2 atom stereocenters. The Morgan fingerprint density at radius 2 is 1.76 bits per heavy atom. The molecule has 2 N–H and O–H groups in total. The van der Waals surface area contributed by atoms with Crippen LogP contribution in [0, 0.1) is 5.92 Å². The fourth-order valence-corrected chi connectivity index (χ4v) is 5.90. The van der Waals surface area contributed by atoms with Crippen LogP contribution in [0.25, 0.3) is 33.2 Å². The van der Waals surface area contributed by atoms with Gasteiger partial charge in [0.15, 0.2) is 0 Å². The number of hydrogen-bond acceptors (Lipinski definition) is 5. The maximum atomic E-state index is 13.5. The van der Waals surface area contributed by atoms with E-state index >= 15 is 0 Å². The van der Waals surface area contributed by atoms with E-state index in [4.69, 9.17) is 4.74 Å². The number of amides is 2. The second-order valence-corrected chi connectivity index (χ2v) is 11.2. The monoisotopic (exact) mass is 549 g/mol. The van der Waals surface area contributed by atoms with Crippen molar-refractivity contribution in [2.24, 2.45) is 10.9 Å². The molecule has 1 aromatic heterocycles. The maximum Gasteiger partial charge on any atom is 0.407 e. The Morgan fingerprint density at radius 3 is 2.54 bits per heavy atom. The number of alkyl carbamates (subject to hydrolysis) is 1. The van der Waals surface area contributed by atoms with Crippen LogP contribution < -0.4 is 5.32 Å². The molecule has 210 valence electrons. The Kier molecular flexibility index (Phi) is 7.30. The van der Waals surface area contributed by atoms with Crippen molar-refractivity contribution in [3.05, 3.63) is 72.2 Å². The number of imidazole rings is 1. The van der Waals surface area contributed by atoms with Gasteiger partial charge < -0.3 is 19.9 Å². The average molecular weight is 550 g/mol. The molecule has 8 nitrogen and oxygen atoms in total. The van der Waals surface area contributed by atoms with Gasteiger partial charge in [-0.1, -0.05) is 50.2 Å². The number of H-pyrrole nitrogens is 1. The highest BCUT2D eigenvalue weighted by molar-refractivity contribution is 5.91. The quantitative estimate of drug-likeness (QED) is 0.283. The summed E-state index contributed by atoms with van der Waals surface area (Å²) in [5.41, 5.74) is 6.67. The number of ether oxygens (including phenoxy) is 1. The number of carbonyl (C=O) groups is 2. The standard InChI is InChI=1S/C33H35N5O3/c1-20(2)30(37-33(40)41-3)32(39)38-15-5-7-29(38)31-35-19-28(36-31)26-13-12-22-16-23(10-11-24(22)17-26)25-9-8-21-6-4-14-34-27(21)18-25/h8-14,16-20,29-30H,4-7,15H2,1-3H3,(H,35,36)(H,37,40). The number of benzene rings is 3. The lowest BCUT2D eigenvalue weighted by atomic mass is 9.96. The van der Waals surface area contributed by atoms with E-state index in [1.165, 1.54) is 23.8 Å². The molecule has 2 amide bonds. The van der Waals surface area contributed by atoms with E-state index in [9.17, 15) is 9.59 Å². The number of aromatic amines is 1. The zero-order valence-corrected chi connectivity index (χ0v) is 23.7. The first-order valence-electron chi connectivity index (χ1n) is 14.3. The third-order valence-electron chi connectivity index (χ3n) is 8.18. The average Bonchev–Trinajstić information content (AvgIpc) is 3.69. The van der Waals surface area contributed by atoms with Gasteiger partial charge in [-0.15, -0.1) is 0 Å². The van der Waals surface area contributed by atoms with E-state index in [0.29, 0.717) is 6.54 Å². The van der Waals surface area contributed by atoms with Crippen molar-refractivity contribution in [1.82, 2.24) is 20.2 Å². The van der Waals surface area contributed by atoms with Crippen LogP contribution in [0.1, 0.15) is 50.5 Å². The van der Waals surface area contributed by atoms with Gasteiger partial charge in [0.05, 0.1) is 30.7 Å². The van der Waals surface area contributed by atoms with Crippen LogP contribution in [-0.2, 0) is 16.0 Å². The van der Waals surface area contributed by atoms with E-state index in [1.807, 2.05) is 31.2 Å². The first kappa shape index (κ1) is 26.7. The molecule has 0 spiro atoms. The minimum atomic E-state index is -0.656. The molecule has 3 aromatic carbocycles. The lowest BCUT2D eigenvalue weighted by Crippen LogP contribution is -2.51. The van der Waals surface area contributed by atoms with E-state index in [1.54, 1.807) is 0 Å². The number of rotatable bonds is 6. The van der Waals surface area contributed by atoms with Gasteiger partial charge in [0.25, 0.3) is 0 Å². The fraction of sp³-hybridized carbons (Fsp3) is 0.333. The molecule has 1 fully saturated rings. The third-order valence-corrected chi connectivity index (χ3v) is 8.18. The Bertz CT molecular complexity index is 1640. The molecular formula is C33H35N5O3. The van der Waals surface area contributed by atoms with Crippen LogP contribution in [0.15, 0.2) is 65.8 Å². The molecule has 2 aliphatic heterocycles. The highest BCUT2D eigenvalue weighted by Gasteiger charge is 2.37. The number of methoxy groups -OCH3 is 1. The molecule has 0 bridgehead atoms. The predicted octanol–water partition coefficient (Wildman–Crippen LogP) is 6.59. The summed E-state index contributed by atoms with van der Waals surface area (Å²) in [6.07, 6.45) is 6.99. The van der Waals surface area contributed by atoms with Crippen molar-refractivity contribution in [2.45, 2.75) is 51.6 Å². The summed E-state index contributed by atoms with van der Waals surface area (Å²) in [5, 5.41) is 5.01. The molecule has 1 saturated heterocycles. The molecule has 8 heteroatoms. The number of nitrogens with zero attached hydrogens (tertiary/aromatic N) is 3. The van der Waals surface area contributed by atoms with Crippen molar-refractivity contribution < 1.29 is 14.3 Å². The molecule has 3 heterocycles. The normalized spacial score (nSPS) is 17.1. The number of fused-ring (bicyclic) bond motifs is 2. The van der Waals surface area contributed by atoms with Crippen LogP contribution in [0.2, 0.25) is 0 Å². The van der Waals surface area contributed by atoms with Gasteiger partial charge in [-0.3, -0.25) is 9.79 Å². The van der Waals surface area contributed by atoms with Crippen molar-refractivity contribution in [2.75, 3.05) is 13.7 Å². The smallest absolute Gasteiger partial charge is 0.407 e. The zero-order valence-electron chi connectivity index (χ0n) is 23.7. The van der Waals surface area contributed by atoms with Crippen molar-refractivity contribution in [1.29, 1.82) is 0 Å². The van der Waals surface area contributed by atoms with E-state index in [0.717, 1.165) is 59.2 Å². The highest BCUT2D eigenvalue weighted by Crippen LogP contribution is 2.35. The second-order valence-electron chi connectivity index (χ2n) is 11.2. The SMILES string of the molecule is COC(=O)NC(C(=O)N1CCCC1c1ncc(-c2ccc3cc(-c4ccc5c(c4)N=CCC5)ccc3c2)[nH]1)C(C)C. The van der Waals surface area contributed by atoms with Crippen LogP contribution in [0.5, 0.6) is 0 Å². The van der Waals surface area contributed by atoms with Gasteiger partial charge in [-0.25, -0.2) is 9.78 Å². The lowest BCUT2D eigenvalue weighted by Gasteiger charge is -2.30. The molecule has 0 saturated carbocycles. The summed E-state index contributed by atoms with van der Waals surface area (Å²) in [5.74, 6) is 0.573. The second kappa shape index (κ2) is 11.2. The molecule has 6 rings (SSSR count). The van der Waals surface area contributed by atoms with E-state index < -0.39 is 12.1 Å². The number of likely N-dealkylation sites (tertiary alicyclic amines) is 1. The van der Waals surface area contributed by atoms with Gasteiger partial charge in [0.2, 0.25) is 5.91 Å². The number of aryl methyl sites for hydroxylation is 1. The van der Waals surface area contributed by atoms with Crippen LogP contribution in [0.4, 0.5) is 10.5 Å². The Morgan fingerprint density at radius 1 is 1.02 bits per heavy atom. The van der Waals surface area contributed by atoms with Gasteiger partial charge in [0, 0.05) is 18.3 Å². The minimum Gasteiger partial charge on any atom is -0.453 e. The minimum absolute atomic E-state index is 0.0751. The van der Waals surface area contributed by atoms with Crippen molar-refractivity contribution >= 4 is 34.7 Å². The highest BCUT2D eigenvalue weighted by atomic mass is 16.5. The summed E-state index contributed by atoms with van der Waals surface area (Å²) in [6.45, 7) is 4.46. The summed E-state index contributed by atoms with van der Waals surface area (Å²) in [6, 6.07) is 18.7. The van der Waals surface area contributed by atoms with Gasteiger partial charge in [-0.05, 0) is 77.3 Å². The van der Waals surface area contributed by atoms with Gasteiger partial charge in [0.1, 0.15) is 11.9 Å². The molecule has 2 unspecified atom stereocenters.